The fourth-order valence-corrected chi connectivity index (χ4v) is 1.05. The lowest BCUT2D eigenvalue weighted by Gasteiger charge is -2.18. The van der Waals surface area contributed by atoms with Crippen LogP contribution in [0.3, 0.4) is 0 Å². The smallest absolute Gasteiger partial charge is 0.331 e. The molecule has 56 valence electrons. The van der Waals surface area contributed by atoms with Gasteiger partial charge in [0.05, 0.1) is 13.2 Å². The largest absolute Gasteiger partial charge is 0.398 e. The quantitative estimate of drug-likeness (QED) is 0.587. The highest BCUT2D eigenvalue weighted by atomic mass is 28.4. The molecule has 0 saturated carbocycles. The van der Waals surface area contributed by atoms with Gasteiger partial charge in [0.2, 0.25) is 0 Å². The van der Waals surface area contributed by atoms with Crippen molar-refractivity contribution in [3.8, 4) is 0 Å². The third-order valence-corrected chi connectivity index (χ3v) is 2.92. The Kier molecular flexibility index (Phi) is 4.04. The Morgan fingerprint density at radius 2 is 2.00 bits per heavy atom. The third-order valence-electron chi connectivity index (χ3n) is 1.03. The summed E-state index contributed by atoms with van der Waals surface area (Å²) in [5.74, 6) is 0. The second kappa shape index (κ2) is 4.00. The highest BCUT2D eigenvalue weighted by molar-refractivity contribution is 6.64. The molecule has 1 N–H and O–H groups in total. The van der Waals surface area contributed by atoms with Crippen molar-refractivity contribution in [2.75, 3.05) is 20.3 Å². The minimum atomic E-state index is -1.86. The molecular weight excluding hydrogens is 136 g/mol. The molecule has 9 heavy (non-hydrogen) atoms. The topological polar surface area (TPSA) is 38.7 Å². The average Bonchev–Trinajstić information content (AvgIpc) is 1.84. The molecule has 0 bridgehead atoms. The normalized spacial score (nSPS) is 12.0. The molecule has 0 aromatic rings. The molecule has 0 aromatic carbocycles. The van der Waals surface area contributed by atoms with Gasteiger partial charge in [0.25, 0.3) is 0 Å². The SMILES string of the molecule is CO[Si](C)(C)OCCO. The van der Waals surface area contributed by atoms with Crippen LogP contribution in [0.25, 0.3) is 0 Å². The van der Waals surface area contributed by atoms with Crippen molar-refractivity contribution in [1.82, 2.24) is 0 Å². The number of aliphatic hydroxyl groups is 1. The second-order valence-corrected chi connectivity index (χ2v) is 5.67. The van der Waals surface area contributed by atoms with E-state index in [9.17, 15) is 0 Å². The van der Waals surface area contributed by atoms with Crippen molar-refractivity contribution in [1.29, 1.82) is 0 Å². The van der Waals surface area contributed by atoms with E-state index in [2.05, 4.69) is 0 Å². The molecule has 0 rings (SSSR count). The second-order valence-electron chi connectivity index (χ2n) is 2.18. The predicted molar refractivity (Wildman–Crippen MR) is 37.5 cm³/mol. The Morgan fingerprint density at radius 3 is 2.33 bits per heavy atom. The molecule has 4 heteroatoms. The molecule has 0 amide bonds. The van der Waals surface area contributed by atoms with Crippen LogP contribution in [0, 0.1) is 0 Å². The zero-order valence-corrected chi connectivity index (χ0v) is 7.18. The van der Waals surface area contributed by atoms with Crippen LogP contribution in [0.4, 0.5) is 0 Å². The predicted octanol–water partition coefficient (Wildman–Crippen LogP) is 0.343. The van der Waals surface area contributed by atoms with Crippen LogP contribution in [-0.2, 0) is 8.85 Å². The van der Waals surface area contributed by atoms with Crippen molar-refractivity contribution >= 4 is 8.56 Å². The Labute approximate surface area is 56.8 Å². The first kappa shape index (κ1) is 9.10. The van der Waals surface area contributed by atoms with Gasteiger partial charge in [0.15, 0.2) is 0 Å². The maximum atomic E-state index is 8.37. The van der Waals surface area contributed by atoms with Gasteiger partial charge in [-0.25, -0.2) is 0 Å². The monoisotopic (exact) mass is 150 g/mol. The van der Waals surface area contributed by atoms with Crippen LogP contribution in [-0.4, -0.2) is 34.0 Å². The lowest BCUT2D eigenvalue weighted by atomic mass is 10.8. The zero-order chi connectivity index (χ0) is 7.33. The molecular formula is C5H14O3Si. The Balaban J connectivity index is 3.33. The minimum Gasteiger partial charge on any atom is -0.398 e. The van der Waals surface area contributed by atoms with Gasteiger partial charge in [-0.2, -0.15) is 0 Å². The summed E-state index contributed by atoms with van der Waals surface area (Å²) < 4.78 is 10.2. The van der Waals surface area contributed by atoms with Gasteiger partial charge in [-0.1, -0.05) is 0 Å². The molecule has 0 saturated heterocycles. The van der Waals surface area contributed by atoms with E-state index in [-0.39, 0.29) is 6.61 Å². The number of hydrogen-bond donors (Lipinski definition) is 1. The summed E-state index contributed by atoms with van der Waals surface area (Å²) in [6, 6.07) is 0. The van der Waals surface area contributed by atoms with Crippen LogP contribution in [0.1, 0.15) is 0 Å². The summed E-state index contributed by atoms with van der Waals surface area (Å²) in [5.41, 5.74) is 0. The molecule has 0 heterocycles. The molecule has 0 fully saturated rings. The summed E-state index contributed by atoms with van der Waals surface area (Å²) in [5, 5.41) is 8.37. The Morgan fingerprint density at radius 1 is 1.44 bits per heavy atom. The van der Waals surface area contributed by atoms with Gasteiger partial charge in [0.1, 0.15) is 0 Å². The third kappa shape index (κ3) is 4.59. The van der Waals surface area contributed by atoms with Crippen molar-refractivity contribution in [3.63, 3.8) is 0 Å². The zero-order valence-electron chi connectivity index (χ0n) is 6.18. The lowest BCUT2D eigenvalue weighted by molar-refractivity contribution is 0.156. The van der Waals surface area contributed by atoms with Crippen LogP contribution in [0.2, 0.25) is 13.1 Å². The molecule has 0 aliphatic carbocycles. The van der Waals surface area contributed by atoms with E-state index >= 15 is 0 Å². The van der Waals surface area contributed by atoms with E-state index in [0.29, 0.717) is 6.61 Å². The lowest BCUT2D eigenvalue weighted by Crippen LogP contribution is -2.34. The van der Waals surface area contributed by atoms with Crippen LogP contribution in [0.15, 0.2) is 0 Å². The maximum Gasteiger partial charge on any atom is 0.331 e. The molecule has 0 spiro atoms. The summed E-state index contributed by atoms with van der Waals surface area (Å²) >= 11 is 0. The summed E-state index contributed by atoms with van der Waals surface area (Å²) in [7, 11) is -0.230. The van der Waals surface area contributed by atoms with E-state index in [1.165, 1.54) is 0 Å². The maximum absolute atomic E-state index is 8.37. The first-order valence-corrected chi connectivity index (χ1v) is 5.74. The summed E-state index contributed by atoms with van der Waals surface area (Å²) in [6.45, 7) is 4.32. The van der Waals surface area contributed by atoms with E-state index < -0.39 is 8.56 Å². The van der Waals surface area contributed by atoms with Gasteiger partial charge >= 0.3 is 8.56 Å². The van der Waals surface area contributed by atoms with Gasteiger partial charge in [0, 0.05) is 7.11 Å². The standard InChI is InChI=1S/C5H14O3Si/c1-7-9(2,3)8-5-4-6/h6H,4-5H2,1-3H3. The fourth-order valence-electron chi connectivity index (χ4n) is 0.350. The van der Waals surface area contributed by atoms with Crippen molar-refractivity contribution in [2.45, 2.75) is 13.1 Å². The van der Waals surface area contributed by atoms with Crippen molar-refractivity contribution in [2.24, 2.45) is 0 Å². The number of rotatable bonds is 4. The molecule has 3 nitrogen and oxygen atoms in total. The van der Waals surface area contributed by atoms with Crippen LogP contribution >= 0.6 is 0 Å². The Bertz CT molecular complexity index is 74.6. The molecule has 0 aromatic heterocycles. The van der Waals surface area contributed by atoms with Crippen LogP contribution < -0.4 is 0 Å². The molecule has 0 aliphatic heterocycles. The average molecular weight is 150 g/mol. The van der Waals surface area contributed by atoms with Gasteiger partial charge in [-0.3, -0.25) is 0 Å². The molecule has 0 unspecified atom stereocenters. The Hall–Kier alpha value is 0.0969. The van der Waals surface area contributed by atoms with E-state index in [4.69, 9.17) is 14.0 Å². The molecule has 0 aliphatic rings. The highest BCUT2D eigenvalue weighted by Crippen LogP contribution is 2.02. The first-order chi connectivity index (χ1) is 4.12. The van der Waals surface area contributed by atoms with Crippen molar-refractivity contribution in [3.05, 3.63) is 0 Å². The van der Waals surface area contributed by atoms with Crippen molar-refractivity contribution < 1.29 is 14.0 Å². The van der Waals surface area contributed by atoms with E-state index in [1.807, 2.05) is 13.1 Å². The summed E-state index contributed by atoms with van der Waals surface area (Å²) in [4.78, 5) is 0. The highest BCUT2D eigenvalue weighted by Gasteiger charge is 2.21. The van der Waals surface area contributed by atoms with E-state index in [0.717, 1.165) is 0 Å². The van der Waals surface area contributed by atoms with Gasteiger partial charge < -0.3 is 14.0 Å². The van der Waals surface area contributed by atoms with E-state index in [1.54, 1.807) is 7.11 Å². The molecule has 0 radical (unpaired) electrons. The van der Waals surface area contributed by atoms with Gasteiger partial charge in [-0.05, 0) is 13.1 Å². The molecule has 0 atom stereocenters. The van der Waals surface area contributed by atoms with Crippen LogP contribution in [0.5, 0.6) is 0 Å². The fraction of sp³-hybridized carbons (Fsp3) is 1.00. The number of aliphatic hydroxyl groups excluding tert-OH is 1. The van der Waals surface area contributed by atoms with Gasteiger partial charge in [-0.15, -0.1) is 0 Å². The minimum absolute atomic E-state index is 0.0692. The first-order valence-electron chi connectivity index (χ1n) is 2.92. The summed E-state index contributed by atoms with van der Waals surface area (Å²) in [6.07, 6.45) is 0. The number of hydrogen-bond acceptors (Lipinski definition) is 3.